The second-order valence-corrected chi connectivity index (χ2v) is 2.16. The molecule has 11 heavy (non-hydrogen) atoms. The minimum absolute atomic E-state index is 0.172. The summed E-state index contributed by atoms with van der Waals surface area (Å²) in [5, 5.41) is 20.4. The van der Waals surface area contributed by atoms with Gasteiger partial charge in [0, 0.05) is 0 Å². The van der Waals surface area contributed by atoms with E-state index in [2.05, 4.69) is 40.8 Å². The quantitative estimate of drug-likeness (QED) is 0.298. The van der Waals surface area contributed by atoms with Gasteiger partial charge in [-0.05, 0) is 31.5 Å². The van der Waals surface area contributed by atoms with Crippen molar-refractivity contribution in [2.75, 3.05) is 13.7 Å². The summed E-state index contributed by atoms with van der Waals surface area (Å²) in [4.78, 5) is 0. The summed E-state index contributed by atoms with van der Waals surface area (Å²) < 4.78 is 0. The van der Waals surface area contributed by atoms with Crippen LogP contribution in [0.15, 0.2) is 0 Å². The predicted octanol–water partition coefficient (Wildman–Crippen LogP) is -0.616. The van der Waals surface area contributed by atoms with E-state index >= 15 is 0 Å². The summed E-state index contributed by atoms with van der Waals surface area (Å²) >= 11 is 8.14. The van der Waals surface area contributed by atoms with Gasteiger partial charge >= 0.3 is 0 Å². The van der Waals surface area contributed by atoms with Gasteiger partial charge in [-0.2, -0.15) is 0 Å². The van der Waals surface area contributed by atoms with E-state index in [1.54, 1.807) is 7.05 Å². The van der Waals surface area contributed by atoms with Crippen LogP contribution in [-0.4, -0.2) is 34.3 Å². The first kappa shape index (κ1) is 13.0. The summed E-state index contributed by atoms with van der Waals surface area (Å²) in [5.41, 5.74) is 4.40. The molecule has 0 aliphatic rings. The van der Waals surface area contributed by atoms with Crippen LogP contribution in [0.4, 0.5) is 0 Å². The lowest BCUT2D eigenvalue weighted by molar-refractivity contribution is 0.525. The molecule has 0 amide bonds. The lowest BCUT2D eigenvalue weighted by Crippen LogP contribution is -2.29. The molecule has 0 atom stereocenters. The highest BCUT2D eigenvalue weighted by Crippen LogP contribution is 1.55. The summed E-state index contributed by atoms with van der Waals surface area (Å²) in [7, 11) is 1.76. The second kappa shape index (κ2) is 9.34. The second-order valence-electron chi connectivity index (χ2n) is 1.35. The molecular weight excluding hydrogens is 186 g/mol. The van der Waals surface area contributed by atoms with E-state index in [0.29, 0.717) is 6.67 Å². The van der Waals surface area contributed by atoms with Gasteiger partial charge in [0.05, 0.1) is 6.67 Å². The average molecular weight is 197 g/mol. The third kappa shape index (κ3) is 45.1. The fourth-order valence-corrected chi connectivity index (χ4v) is 0.236. The number of rotatable bonds is 2. The van der Waals surface area contributed by atoms with Gasteiger partial charge < -0.3 is 26.6 Å². The Bertz CT molecular complexity index is 127. The van der Waals surface area contributed by atoms with Crippen LogP contribution in [-0.2, 0) is 0 Å². The van der Waals surface area contributed by atoms with Crippen LogP contribution in [0.3, 0.4) is 0 Å². The molecule has 0 fully saturated rings. The number of hydrogen-bond donors (Lipinski definition) is 5. The van der Waals surface area contributed by atoms with Crippen molar-refractivity contribution >= 4 is 34.8 Å². The third-order valence-electron chi connectivity index (χ3n) is 0.416. The maximum absolute atomic E-state index is 8.26. The van der Waals surface area contributed by atoms with E-state index < -0.39 is 5.17 Å². The Hall–Kier alpha value is -0.660. The molecule has 66 valence electrons. The average Bonchev–Trinajstić information content (AvgIpc) is 1.82. The molecule has 0 radical (unpaired) electrons. The molecule has 0 aromatic heterocycles. The largest absolute Gasteiger partial charge is 0.487 e. The van der Waals surface area contributed by atoms with Crippen molar-refractivity contribution in [3.05, 3.63) is 0 Å². The van der Waals surface area contributed by atoms with Gasteiger partial charge in [-0.25, -0.2) is 0 Å². The van der Waals surface area contributed by atoms with Crippen LogP contribution in [0.1, 0.15) is 0 Å². The summed E-state index contributed by atoms with van der Waals surface area (Å²) in [5.74, 6) is 0. The zero-order valence-corrected chi connectivity index (χ0v) is 7.63. The minimum atomic E-state index is -0.500. The monoisotopic (exact) mass is 197 g/mol. The molecular formula is C4H11N3O2S2. The Kier molecular flexibility index (Phi) is 11.0. The van der Waals surface area contributed by atoms with E-state index in [0.717, 1.165) is 0 Å². The summed E-state index contributed by atoms with van der Waals surface area (Å²) in [6.45, 7) is 0.509. The Balaban J connectivity index is 0. The SMILES string of the molecule is CNCNC(O)=S.NC(O)=S. The highest BCUT2D eigenvalue weighted by atomic mass is 32.1. The van der Waals surface area contributed by atoms with E-state index in [4.69, 9.17) is 10.2 Å². The molecule has 5 nitrogen and oxygen atoms in total. The molecule has 0 saturated carbocycles. The number of hydrogen-bond acceptors (Lipinski definition) is 3. The Labute approximate surface area is 75.6 Å². The van der Waals surface area contributed by atoms with Crippen LogP contribution in [0.25, 0.3) is 0 Å². The van der Waals surface area contributed by atoms with Crippen molar-refractivity contribution in [3.8, 4) is 0 Å². The first-order valence-electron chi connectivity index (χ1n) is 2.60. The standard InChI is InChI=1S/C3H8N2OS.CH3NOS/c1-4-2-5-3(6)7;2-1(3)4/h4H,2H2,1H3,(H2,5,6,7);(H3,2,3,4). The topological polar surface area (TPSA) is 90.5 Å². The first-order chi connectivity index (χ1) is 5.00. The van der Waals surface area contributed by atoms with E-state index in [1.165, 1.54) is 0 Å². The van der Waals surface area contributed by atoms with E-state index in [-0.39, 0.29) is 5.17 Å². The summed E-state index contributed by atoms with van der Waals surface area (Å²) in [6.07, 6.45) is 0. The zero-order chi connectivity index (χ0) is 9.28. The molecule has 0 rings (SSSR count). The van der Waals surface area contributed by atoms with Gasteiger partial charge in [-0.3, -0.25) is 0 Å². The van der Waals surface area contributed by atoms with Crippen molar-refractivity contribution in [1.82, 2.24) is 10.6 Å². The van der Waals surface area contributed by atoms with Crippen molar-refractivity contribution < 1.29 is 10.2 Å². The Morgan fingerprint density at radius 3 is 1.91 bits per heavy atom. The number of aliphatic hydroxyl groups is 2. The van der Waals surface area contributed by atoms with Crippen LogP contribution in [0.5, 0.6) is 0 Å². The molecule has 0 aliphatic heterocycles. The molecule has 6 N–H and O–H groups in total. The van der Waals surface area contributed by atoms with Gasteiger partial charge in [0.2, 0.25) is 0 Å². The molecule has 0 heterocycles. The highest BCUT2D eigenvalue weighted by Gasteiger charge is 1.80. The lowest BCUT2D eigenvalue weighted by atomic mass is 11.0. The van der Waals surface area contributed by atoms with Crippen LogP contribution in [0.2, 0.25) is 0 Å². The molecule has 0 bridgehead atoms. The lowest BCUT2D eigenvalue weighted by Gasteiger charge is -1.97. The zero-order valence-electron chi connectivity index (χ0n) is 6.00. The maximum Gasteiger partial charge on any atom is 0.255 e. The van der Waals surface area contributed by atoms with Gasteiger partial charge in [0.25, 0.3) is 10.3 Å². The van der Waals surface area contributed by atoms with Crippen molar-refractivity contribution in [2.45, 2.75) is 0 Å². The fraction of sp³-hybridized carbons (Fsp3) is 0.500. The molecule has 0 saturated heterocycles. The smallest absolute Gasteiger partial charge is 0.255 e. The number of nitrogens with one attached hydrogen (secondary N) is 2. The van der Waals surface area contributed by atoms with Gasteiger partial charge in [-0.1, -0.05) is 0 Å². The van der Waals surface area contributed by atoms with Gasteiger partial charge in [0.1, 0.15) is 0 Å². The van der Waals surface area contributed by atoms with Crippen LogP contribution in [0, 0.1) is 0 Å². The van der Waals surface area contributed by atoms with Crippen molar-refractivity contribution in [3.63, 3.8) is 0 Å². The first-order valence-corrected chi connectivity index (χ1v) is 3.42. The predicted molar refractivity (Wildman–Crippen MR) is 51.7 cm³/mol. The minimum Gasteiger partial charge on any atom is -0.487 e. The fourth-order valence-electron chi connectivity index (χ4n) is 0.164. The van der Waals surface area contributed by atoms with Gasteiger partial charge in [0.15, 0.2) is 0 Å². The van der Waals surface area contributed by atoms with Gasteiger partial charge in [-0.15, -0.1) is 0 Å². The van der Waals surface area contributed by atoms with E-state index in [1.807, 2.05) is 0 Å². The van der Waals surface area contributed by atoms with E-state index in [9.17, 15) is 0 Å². The number of aliphatic hydroxyl groups excluding tert-OH is 2. The Morgan fingerprint density at radius 2 is 1.82 bits per heavy atom. The van der Waals surface area contributed by atoms with Crippen LogP contribution < -0.4 is 16.4 Å². The molecule has 0 aromatic carbocycles. The Morgan fingerprint density at radius 1 is 1.45 bits per heavy atom. The molecule has 0 aliphatic carbocycles. The number of thiocarbonyl (C=S) groups is 2. The molecule has 0 spiro atoms. The molecule has 0 aromatic rings. The summed E-state index contributed by atoms with van der Waals surface area (Å²) in [6, 6.07) is 0. The highest BCUT2D eigenvalue weighted by molar-refractivity contribution is 7.80. The molecule has 0 unspecified atom stereocenters. The molecule has 7 heteroatoms. The third-order valence-corrected chi connectivity index (χ3v) is 0.561. The van der Waals surface area contributed by atoms with Crippen LogP contribution >= 0.6 is 24.4 Å². The maximum atomic E-state index is 8.26. The van der Waals surface area contributed by atoms with Crippen molar-refractivity contribution in [1.29, 1.82) is 0 Å². The van der Waals surface area contributed by atoms with Crippen molar-refractivity contribution in [2.24, 2.45) is 5.73 Å². The normalized spacial score (nSPS) is 7.36. The number of nitrogens with two attached hydrogens (primary N) is 1.